The number of aromatic nitrogens is 3. The highest BCUT2D eigenvalue weighted by Gasteiger charge is 2.14. The summed E-state index contributed by atoms with van der Waals surface area (Å²) in [6, 6.07) is 5.14. The number of hydrogen-bond donors (Lipinski definition) is 1. The van der Waals surface area contributed by atoms with Crippen LogP contribution in [0.15, 0.2) is 43.0 Å². The molecule has 25 heavy (non-hydrogen) atoms. The molecule has 1 N–H and O–H groups in total. The van der Waals surface area contributed by atoms with E-state index in [2.05, 4.69) is 15.3 Å². The fourth-order valence-electron chi connectivity index (χ4n) is 2.49. The van der Waals surface area contributed by atoms with Crippen molar-refractivity contribution < 1.29 is 17.9 Å². The highest BCUT2D eigenvalue weighted by Crippen LogP contribution is 2.29. The Morgan fingerprint density at radius 2 is 2.12 bits per heavy atom. The van der Waals surface area contributed by atoms with Gasteiger partial charge in [-0.05, 0) is 30.7 Å². The molecule has 0 aliphatic heterocycles. The van der Waals surface area contributed by atoms with E-state index in [1.807, 2.05) is 0 Å². The molecule has 0 saturated carbocycles. The summed E-state index contributed by atoms with van der Waals surface area (Å²) in [5.41, 5.74) is 1.96. The van der Waals surface area contributed by atoms with Gasteiger partial charge >= 0.3 is 6.09 Å². The number of nitrogens with zero attached hydrogens (tertiary/aromatic N) is 3. The van der Waals surface area contributed by atoms with Crippen molar-refractivity contribution in [2.24, 2.45) is 0 Å². The molecular weight excluding hydrogens is 344 g/mol. The minimum absolute atomic E-state index is 0.258. The van der Waals surface area contributed by atoms with Gasteiger partial charge in [-0.15, -0.1) is 0 Å². The largest absolute Gasteiger partial charge is 0.450 e. The number of hydrogen-bond acceptors (Lipinski definition) is 6. The van der Waals surface area contributed by atoms with Crippen molar-refractivity contribution in [3.63, 3.8) is 0 Å². The summed E-state index contributed by atoms with van der Waals surface area (Å²) < 4.78 is 29.7. The Morgan fingerprint density at radius 3 is 2.84 bits per heavy atom. The zero-order chi connectivity index (χ0) is 18.0. The number of anilines is 1. The van der Waals surface area contributed by atoms with Crippen molar-refractivity contribution in [2.75, 3.05) is 18.2 Å². The van der Waals surface area contributed by atoms with Crippen molar-refractivity contribution in [2.45, 2.75) is 6.92 Å². The van der Waals surface area contributed by atoms with Crippen LogP contribution in [-0.4, -0.2) is 41.3 Å². The van der Waals surface area contributed by atoms with Crippen LogP contribution in [0.3, 0.4) is 0 Å². The van der Waals surface area contributed by atoms with Gasteiger partial charge in [-0.3, -0.25) is 10.3 Å². The Bertz CT molecular complexity index is 1040. The van der Waals surface area contributed by atoms with Crippen LogP contribution < -0.4 is 5.32 Å². The van der Waals surface area contributed by atoms with Crippen LogP contribution in [0.1, 0.15) is 6.92 Å². The van der Waals surface area contributed by atoms with Gasteiger partial charge in [0, 0.05) is 29.5 Å². The smallest absolute Gasteiger partial charge is 0.412 e. The zero-order valence-electron chi connectivity index (χ0n) is 13.6. The molecule has 0 saturated heterocycles. The molecule has 3 aromatic rings. The molecular formula is C16H16N4O4S. The van der Waals surface area contributed by atoms with Gasteiger partial charge in [-0.1, -0.05) is 0 Å². The molecule has 3 heterocycles. The number of pyridine rings is 2. The maximum atomic E-state index is 11.9. The van der Waals surface area contributed by atoms with Crippen LogP contribution in [0.4, 0.5) is 10.6 Å². The Hall–Kier alpha value is -2.94. The maximum absolute atomic E-state index is 11.9. The number of carbonyl (C=O) groups is 1. The average Bonchev–Trinajstić information content (AvgIpc) is 2.99. The van der Waals surface area contributed by atoms with Gasteiger partial charge in [0.05, 0.1) is 24.6 Å². The molecule has 0 radical (unpaired) electrons. The predicted molar refractivity (Wildman–Crippen MR) is 93.9 cm³/mol. The molecule has 0 aliphatic rings. The predicted octanol–water partition coefficient (Wildman–Crippen LogP) is 2.47. The van der Waals surface area contributed by atoms with Gasteiger partial charge in [0.2, 0.25) is 10.0 Å². The van der Waals surface area contributed by atoms with E-state index >= 15 is 0 Å². The molecule has 9 heteroatoms. The van der Waals surface area contributed by atoms with Crippen molar-refractivity contribution in [3.05, 3.63) is 43.0 Å². The number of nitrogens with one attached hydrogen (secondary N) is 1. The lowest BCUT2D eigenvalue weighted by atomic mass is 10.1. The molecule has 1 amide bonds. The van der Waals surface area contributed by atoms with E-state index in [0.717, 1.165) is 22.8 Å². The lowest BCUT2D eigenvalue weighted by Gasteiger charge is -2.08. The fourth-order valence-corrected chi connectivity index (χ4v) is 3.27. The first kappa shape index (κ1) is 16.9. The standard InChI is InChI=1S/C16H16N4O4S/c1-3-24-16(21)19-15-8-11(4-6-18-15)13-9-17-10-14-12(13)5-7-20(14)25(2,22)23/h4-10H,3H2,1-2H3,(H,18,19,21). The minimum Gasteiger partial charge on any atom is -0.450 e. The molecule has 0 fully saturated rings. The molecule has 0 spiro atoms. The van der Waals surface area contributed by atoms with Crippen molar-refractivity contribution >= 4 is 32.8 Å². The SMILES string of the molecule is CCOC(=O)Nc1cc(-c2cncc3c2ccn3S(C)(=O)=O)ccn1. The molecule has 3 aromatic heterocycles. The second kappa shape index (κ2) is 6.52. The molecule has 0 bridgehead atoms. The third-order valence-electron chi connectivity index (χ3n) is 3.51. The molecule has 130 valence electrons. The van der Waals surface area contributed by atoms with Crippen LogP contribution in [0.5, 0.6) is 0 Å². The Balaban J connectivity index is 2.05. The maximum Gasteiger partial charge on any atom is 0.412 e. The summed E-state index contributed by atoms with van der Waals surface area (Å²) in [7, 11) is -3.42. The lowest BCUT2D eigenvalue weighted by molar-refractivity contribution is 0.168. The number of rotatable bonds is 4. The van der Waals surface area contributed by atoms with E-state index in [4.69, 9.17) is 4.74 Å². The Morgan fingerprint density at radius 1 is 1.32 bits per heavy atom. The summed E-state index contributed by atoms with van der Waals surface area (Å²) >= 11 is 0. The Labute approximate surface area is 144 Å². The van der Waals surface area contributed by atoms with E-state index in [1.54, 1.807) is 37.5 Å². The van der Waals surface area contributed by atoms with Gasteiger partial charge < -0.3 is 4.74 Å². The molecule has 3 rings (SSSR count). The monoisotopic (exact) mass is 360 g/mol. The van der Waals surface area contributed by atoms with Crippen molar-refractivity contribution in [3.8, 4) is 11.1 Å². The van der Waals surface area contributed by atoms with Crippen LogP contribution in [0, 0.1) is 0 Å². The lowest BCUT2D eigenvalue weighted by Crippen LogP contribution is -2.14. The third-order valence-corrected chi connectivity index (χ3v) is 4.55. The molecule has 0 unspecified atom stereocenters. The van der Waals surface area contributed by atoms with E-state index in [-0.39, 0.29) is 6.61 Å². The first-order valence-electron chi connectivity index (χ1n) is 7.46. The van der Waals surface area contributed by atoms with Gasteiger partial charge in [0.15, 0.2) is 0 Å². The zero-order valence-corrected chi connectivity index (χ0v) is 14.4. The third kappa shape index (κ3) is 3.45. The van der Waals surface area contributed by atoms with Crippen LogP contribution in [0.2, 0.25) is 0 Å². The quantitative estimate of drug-likeness (QED) is 0.767. The topological polar surface area (TPSA) is 103 Å². The van der Waals surface area contributed by atoms with E-state index in [0.29, 0.717) is 11.3 Å². The van der Waals surface area contributed by atoms with Crippen LogP contribution >= 0.6 is 0 Å². The summed E-state index contributed by atoms with van der Waals surface area (Å²) in [5.74, 6) is 0.329. The second-order valence-electron chi connectivity index (χ2n) is 5.27. The van der Waals surface area contributed by atoms with Gasteiger partial charge in [0.1, 0.15) is 5.82 Å². The van der Waals surface area contributed by atoms with Gasteiger partial charge in [-0.25, -0.2) is 22.2 Å². The van der Waals surface area contributed by atoms with E-state index in [9.17, 15) is 13.2 Å². The Kier molecular flexibility index (Phi) is 4.41. The molecule has 8 nitrogen and oxygen atoms in total. The average molecular weight is 360 g/mol. The molecule has 0 atom stereocenters. The summed E-state index contributed by atoms with van der Waals surface area (Å²) in [6.45, 7) is 1.97. The molecule has 0 aliphatic carbocycles. The summed E-state index contributed by atoms with van der Waals surface area (Å²) in [6.07, 6.45) is 6.71. The number of amides is 1. The number of ether oxygens (including phenoxy) is 1. The van der Waals surface area contributed by atoms with Gasteiger partial charge in [-0.2, -0.15) is 0 Å². The highest BCUT2D eigenvalue weighted by molar-refractivity contribution is 7.89. The first-order valence-corrected chi connectivity index (χ1v) is 9.31. The summed E-state index contributed by atoms with van der Waals surface area (Å²) in [5, 5.41) is 3.27. The van der Waals surface area contributed by atoms with E-state index < -0.39 is 16.1 Å². The highest BCUT2D eigenvalue weighted by atomic mass is 32.2. The van der Waals surface area contributed by atoms with Crippen LogP contribution in [0.25, 0.3) is 22.0 Å². The fraction of sp³-hybridized carbons (Fsp3) is 0.188. The van der Waals surface area contributed by atoms with Crippen molar-refractivity contribution in [1.82, 2.24) is 13.9 Å². The molecule has 0 aromatic carbocycles. The first-order chi connectivity index (χ1) is 11.9. The number of fused-ring (bicyclic) bond motifs is 1. The second-order valence-corrected chi connectivity index (χ2v) is 7.13. The van der Waals surface area contributed by atoms with Gasteiger partial charge in [0.25, 0.3) is 0 Å². The van der Waals surface area contributed by atoms with E-state index in [1.165, 1.54) is 16.4 Å². The van der Waals surface area contributed by atoms with Crippen molar-refractivity contribution in [1.29, 1.82) is 0 Å². The normalized spacial score (nSPS) is 11.4. The number of carbonyl (C=O) groups excluding carboxylic acids is 1. The summed E-state index contributed by atoms with van der Waals surface area (Å²) in [4.78, 5) is 19.7. The minimum atomic E-state index is -3.42. The van der Waals surface area contributed by atoms with Crippen LogP contribution in [-0.2, 0) is 14.8 Å².